The zero-order valence-corrected chi connectivity index (χ0v) is 23.2. The SMILES string of the molecule is CCCC(=O)OC(C)n1c(N(C)C2CCN(c3nc4ccccc4n3Cc3ccc(F)cc3)CC2)nccc1=O. The second-order valence-corrected chi connectivity index (χ2v) is 10.2. The number of piperidine rings is 1. The van der Waals surface area contributed by atoms with E-state index in [1.54, 1.807) is 6.92 Å². The number of esters is 1. The molecule has 2 aromatic carbocycles. The summed E-state index contributed by atoms with van der Waals surface area (Å²) in [4.78, 5) is 38.7. The van der Waals surface area contributed by atoms with Crippen LogP contribution in [0.15, 0.2) is 65.6 Å². The first-order chi connectivity index (χ1) is 19.4. The van der Waals surface area contributed by atoms with Crippen molar-refractivity contribution in [3.05, 3.63) is 82.5 Å². The van der Waals surface area contributed by atoms with Gasteiger partial charge in [0.2, 0.25) is 11.9 Å². The predicted molar refractivity (Wildman–Crippen MR) is 153 cm³/mol. The summed E-state index contributed by atoms with van der Waals surface area (Å²) in [7, 11) is 1.93. The maximum Gasteiger partial charge on any atom is 0.307 e. The van der Waals surface area contributed by atoms with Crippen molar-refractivity contribution in [1.29, 1.82) is 0 Å². The molecule has 2 aromatic heterocycles. The maximum atomic E-state index is 13.5. The first-order valence-electron chi connectivity index (χ1n) is 13.8. The number of hydrogen-bond acceptors (Lipinski definition) is 7. The van der Waals surface area contributed by atoms with E-state index in [0.29, 0.717) is 25.3 Å². The van der Waals surface area contributed by atoms with Crippen molar-refractivity contribution in [3.63, 3.8) is 0 Å². The van der Waals surface area contributed by atoms with E-state index in [-0.39, 0.29) is 23.4 Å². The van der Waals surface area contributed by atoms with E-state index >= 15 is 0 Å². The smallest absolute Gasteiger partial charge is 0.307 e. The third-order valence-electron chi connectivity index (χ3n) is 7.48. The number of benzene rings is 2. The number of carbonyl (C=O) groups is 1. The molecule has 5 rings (SSSR count). The van der Waals surface area contributed by atoms with Gasteiger partial charge in [0.1, 0.15) is 5.82 Å². The standard InChI is InChI=1S/C30H35FN6O3/c1-4-7-28(39)40-21(2)37-27(38)14-17-32-29(37)34(3)24-15-18-35(19-16-24)30-33-25-8-5-6-9-26(25)36(30)20-22-10-12-23(31)13-11-22/h5-6,8-14,17,21,24H,4,7,15-16,18-20H2,1-3H3. The van der Waals surface area contributed by atoms with E-state index in [2.05, 4.69) is 20.5 Å². The Balaban J connectivity index is 1.34. The highest BCUT2D eigenvalue weighted by atomic mass is 19.1. The summed E-state index contributed by atoms with van der Waals surface area (Å²) >= 11 is 0. The number of imidazole rings is 1. The Morgan fingerprint density at radius 3 is 2.58 bits per heavy atom. The van der Waals surface area contributed by atoms with Gasteiger partial charge < -0.3 is 19.1 Å². The summed E-state index contributed by atoms with van der Waals surface area (Å²) in [5.74, 6) is 0.776. The predicted octanol–water partition coefficient (Wildman–Crippen LogP) is 4.75. The highest BCUT2D eigenvalue weighted by Crippen LogP contribution is 2.29. The molecule has 0 N–H and O–H groups in total. The van der Waals surface area contributed by atoms with E-state index < -0.39 is 6.23 Å². The minimum Gasteiger partial charge on any atom is -0.441 e. The highest BCUT2D eigenvalue weighted by molar-refractivity contribution is 5.79. The van der Waals surface area contributed by atoms with Crippen molar-refractivity contribution in [3.8, 4) is 0 Å². The van der Waals surface area contributed by atoms with Gasteiger partial charge in [-0.25, -0.2) is 18.9 Å². The molecule has 3 heterocycles. The number of para-hydroxylation sites is 2. The molecule has 210 valence electrons. The molecule has 0 saturated carbocycles. The van der Waals surface area contributed by atoms with Crippen molar-refractivity contribution in [2.75, 3.05) is 29.9 Å². The quantitative estimate of drug-likeness (QED) is 0.280. The molecule has 1 aliphatic rings. The van der Waals surface area contributed by atoms with E-state index in [1.807, 2.05) is 49.2 Å². The third-order valence-corrected chi connectivity index (χ3v) is 7.48. The molecule has 0 bridgehead atoms. The fourth-order valence-electron chi connectivity index (χ4n) is 5.37. The Kier molecular flexibility index (Phi) is 8.14. The van der Waals surface area contributed by atoms with E-state index in [0.717, 1.165) is 48.5 Å². The lowest BCUT2D eigenvalue weighted by atomic mass is 10.0. The molecule has 4 aromatic rings. The fourth-order valence-corrected chi connectivity index (χ4v) is 5.37. The Labute approximate surface area is 232 Å². The van der Waals surface area contributed by atoms with Crippen LogP contribution in [-0.4, -0.2) is 51.3 Å². The van der Waals surface area contributed by atoms with Crippen LogP contribution in [0, 0.1) is 5.82 Å². The van der Waals surface area contributed by atoms with Crippen molar-refractivity contribution in [2.45, 2.75) is 58.3 Å². The summed E-state index contributed by atoms with van der Waals surface area (Å²) in [6, 6.07) is 16.2. The molecule has 1 aliphatic heterocycles. The molecular weight excluding hydrogens is 511 g/mol. The van der Waals surface area contributed by atoms with E-state index in [4.69, 9.17) is 9.72 Å². The van der Waals surface area contributed by atoms with Gasteiger partial charge in [-0.3, -0.25) is 9.59 Å². The van der Waals surface area contributed by atoms with Crippen LogP contribution in [0.5, 0.6) is 0 Å². The number of fused-ring (bicyclic) bond motifs is 1. The number of hydrogen-bond donors (Lipinski definition) is 0. The van der Waals surface area contributed by atoms with Crippen molar-refractivity contribution >= 4 is 28.9 Å². The lowest BCUT2D eigenvalue weighted by Gasteiger charge is -2.38. The molecule has 40 heavy (non-hydrogen) atoms. The lowest BCUT2D eigenvalue weighted by molar-refractivity contribution is -0.152. The van der Waals surface area contributed by atoms with Crippen molar-refractivity contribution in [2.24, 2.45) is 0 Å². The van der Waals surface area contributed by atoms with Crippen molar-refractivity contribution in [1.82, 2.24) is 19.1 Å². The van der Waals surface area contributed by atoms with Gasteiger partial charge in [-0.15, -0.1) is 0 Å². The highest BCUT2D eigenvalue weighted by Gasteiger charge is 2.29. The van der Waals surface area contributed by atoms with Gasteiger partial charge in [-0.2, -0.15) is 0 Å². The summed E-state index contributed by atoms with van der Waals surface area (Å²) < 4.78 is 22.7. The van der Waals surface area contributed by atoms with E-state index in [9.17, 15) is 14.0 Å². The number of aromatic nitrogens is 4. The average molecular weight is 547 g/mol. The number of anilines is 2. The molecule has 1 saturated heterocycles. The van der Waals surface area contributed by atoms with Crippen LogP contribution < -0.4 is 15.4 Å². The first kappa shape index (κ1) is 27.4. The fraction of sp³-hybridized carbons (Fsp3) is 0.400. The normalized spacial score (nSPS) is 14.8. The summed E-state index contributed by atoms with van der Waals surface area (Å²) in [5.41, 5.74) is 2.69. The molecule has 0 spiro atoms. The Morgan fingerprint density at radius 2 is 1.85 bits per heavy atom. The second kappa shape index (κ2) is 11.9. The van der Waals surface area contributed by atoms with Crippen LogP contribution in [0.3, 0.4) is 0 Å². The molecule has 1 fully saturated rings. The molecule has 9 nitrogen and oxygen atoms in total. The van der Waals surface area contributed by atoms with Crippen LogP contribution in [0.4, 0.5) is 16.3 Å². The number of halogens is 1. The Morgan fingerprint density at radius 1 is 1.12 bits per heavy atom. The molecular formula is C30H35FN6O3. The number of rotatable bonds is 9. The van der Waals surface area contributed by atoms with Crippen LogP contribution in [-0.2, 0) is 16.1 Å². The maximum absolute atomic E-state index is 13.5. The summed E-state index contributed by atoms with van der Waals surface area (Å²) in [5, 5.41) is 0. The van der Waals surface area contributed by atoms with Gasteiger partial charge >= 0.3 is 5.97 Å². The van der Waals surface area contributed by atoms with Gasteiger partial charge in [0.25, 0.3) is 5.56 Å². The minimum atomic E-state index is -0.760. The molecule has 1 unspecified atom stereocenters. The third kappa shape index (κ3) is 5.71. The van der Waals surface area contributed by atoms with Gasteiger partial charge in [0.05, 0.1) is 17.6 Å². The van der Waals surface area contributed by atoms with Crippen LogP contribution in [0.2, 0.25) is 0 Å². The first-order valence-corrected chi connectivity index (χ1v) is 13.8. The van der Waals surface area contributed by atoms with Crippen LogP contribution in [0.25, 0.3) is 11.0 Å². The van der Waals surface area contributed by atoms with Gasteiger partial charge in [-0.05, 0) is 56.0 Å². The second-order valence-electron chi connectivity index (χ2n) is 10.2. The topological polar surface area (TPSA) is 85.5 Å². The average Bonchev–Trinajstić information content (AvgIpc) is 3.32. The summed E-state index contributed by atoms with van der Waals surface area (Å²) in [6.07, 6.45) is 3.36. The molecule has 0 amide bonds. The van der Waals surface area contributed by atoms with Crippen molar-refractivity contribution < 1.29 is 13.9 Å². The Hall–Kier alpha value is -4.21. The molecule has 0 radical (unpaired) electrons. The summed E-state index contributed by atoms with van der Waals surface area (Å²) in [6.45, 7) is 5.72. The van der Waals surface area contributed by atoms with Gasteiger partial charge in [-0.1, -0.05) is 31.2 Å². The monoisotopic (exact) mass is 546 g/mol. The zero-order chi connectivity index (χ0) is 28.2. The Bertz CT molecular complexity index is 1520. The zero-order valence-electron chi connectivity index (χ0n) is 23.2. The minimum absolute atomic E-state index is 0.130. The van der Waals surface area contributed by atoms with E-state index in [1.165, 1.54) is 29.0 Å². The number of ether oxygens (including phenoxy) is 1. The van der Waals surface area contributed by atoms with Crippen LogP contribution >= 0.6 is 0 Å². The van der Waals surface area contributed by atoms with Crippen LogP contribution in [0.1, 0.15) is 51.3 Å². The van der Waals surface area contributed by atoms with Gasteiger partial charge in [0, 0.05) is 44.9 Å². The molecule has 0 aliphatic carbocycles. The number of carbonyl (C=O) groups excluding carboxylic acids is 1. The lowest BCUT2D eigenvalue weighted by Crippen LogP contribution is -2.46. The number of nitrogens with zero attached hydrogens (tertiary/aromatic N) is 6. The van der Waals surface area contributed by atoms with Gasteiger partial charge in [0.15, 0.2) is 6.23 Å². The largest absolute Gasteiger partial charge is 0.441 e. The molecule has 10 heteroatoms. The molecule has 1 atom stereocenters.